The molecule has 0 radical (unpaired) electrons. The molecular weight excluding hydrogens is 351 g/mol. The van der Waals surface area contributed by atoms with Crippen LogP contribution in [0, 0.1) is 0 Å². The highest BCUT2D eigenvalue weighted by Crippen LogP contribution is 2.33. The molecule has 6 nitrogen and oxygen atoms in total. The lowest BCUT2D eigenvalue weighted by atomic mass is 10.0. The van der Waals surface area contributed by atoms with Gasteiger partial charge < -0.3 is 4.74 Å². The molecule has 0 saturated heterocycles. The average molecular weight is 359 g/mol. The zero-order valence-corrected chi connectivity index (χ0v) is 13.4. The lowest BCUT2D eigenvalue weighted by Gasteiger charge is -2.10. The summed E-state index contributed by atoms with van der Waals surface area (Å²) in [4.78, 5) is 15.5. The van der Waals surface area contributed by atoms with E-state index in [0.717, 1.165) is 0 Å². The molecule has 0 fully saturated rings. The summed E-state index contributed by atoms with van der Waals surface area (Å²) in [5.74, 6) is -0.539. The number of ether oxygens (including phenoxy) is 1. The summed E-state index contributed by atoms with van der Waals surface area (Å²) >= 11 is 11.7. The predicted octanol–water partition coefficient (Wildman–Crippen LogP) is 3.27. The second-order valence-electron chi connectivity index (χ2n) is 4.03. The fourth-order valence-corrected chi connectivity index (χ4v) is 2.26. The number of hydrogen-bond acceptors (Lipinski definition) is 5. The van der Waals surface area contributed by atoms with Gasteiger partial charge in [0.2, 0.25) is 0 Å². The Kier molecular flexibility index (Phi) is 5.12. The molecule has 0 N–H and O–H groups in total. The van der Waals surface area contributed by atoms with E-state index in [2.05, 4.69) is 9.35 Å². The Balaban J connectivity index is 2.52. The normalized spacial score (nSPS) is 10.1. The summed E-state index contributed by atoms with van der Waals surface area (Å²) < 4.78 is 29.0. The van der Waals surface area contributed by atoms with Crippen LogP contribution in [0.3, 0.4) is 0 Å². The number of nitrogens with zero attached hydrogens (tertiary/aromatic N) is 2. The first-order valence-electron chi connectivity index (χ1n) is 5.77. The van der Waals surface area contributed by atoms with Crippen LogP contribution in [0.2, 0.25) is 10.2 Å². The Hall–Kier alpha value is -1.96. The van der Waals surface area contributed by atoms with E-state index in [1.165, 1.54) is 25.4 Å². The minimum atomic E-state index is -2.81. The van der Waals surface area contributed by atoms with Crippen molar-refractivity contribution in [3.05, 3.63) is 46.2 Å². The molecule has 114 valence electrons. The van der Waals surface area contributed by atoms with Crippen molar-refractivity contribution in [2.75, 3.05) is 7.11 Å². The highest BCUT2D eigenvalue weighted by molar-refractivity contribution is 7.62. The molecule has 1 heterocycles. The van der Waals surface area contributed by atoms with Crippen LogP contribution >= 0.6 is 23.2 Å². The maximum atomic E-state index is 11.6. The fraction of sp³-hybridized carbons (Fsp3) is 0.0769. The maximum absolute atomic E-state index is 11.6. The van der Waals surface area contributed by atoms with Crippen LogP contribution in [0.5, 0.6) is 5.75 Å². The average Bonchev–Trinajstić information content (AvgIpc) is 2.48. The summed E-state index contributed by atoms with van der Waals surface area (Å²) in [6, 6.07) is 6.00. The van der Waals surface area contributed by atoms with Gasteiger partial charge in [-0.3, -0.25) is 4.79 Å². The van der Waals surface area contributed by atoms with Crippen LogP contribution in [-0.4, -0.2) is 26.4 Å². The summed E-state index contributed by atoms with van der Waals surface area (Å²) in [6.45, 7) is 0. The van der Waals surface area contributed by atoms with Gasteiger partial charge in [0.25, 0.3) is 5.91 Å². The first-order valence-corrected chi connectivity index (χ1v) is 7.56. The number of pyridine rings is 1. The van der Waals surface area contributed by atoms with Crippen molar-refractivity contribution in [2.24, 2.45) is 4.36 Å². The van der Waals surface area contributed by atoms with Crippen LogP contribution in [0.1, 0.15) is 10.4 Å². The second-order valence-corrected chi connectivity index (χ2v) is 5.41. The lowest BCUT2D eigenvalue weighted by molar-refractivity contribution is 0.100. The van der Waals surface area contributed by atoms with Gasteiger partial charge in [-0.25, -0.2) is 4.98 Å². The molecule has 0 aliphatic carbocycles. The van der Waals surface area contributed by atoms with E-state index in [-0.39, 0.29) is 15.7 Å². The fourth-order valence-electron chi connectivity index (χ4n) is 1.75. The van der Waals surface area contributed by atoms with Gasteiger partial charge in [-0.1, -0.05) is 27.6 Å². The van der Waals surface area contributed by atoms with Gasteiger partial charge in [0.15, 0.2) is 0 Å². The van der Waals surface area contributed by atoms with Gasteiger partial charge in [0, 0.05) is 22.9 Å². The molecule has 0 aliphatic rings. The van der Waals surface area contributed by atoms with Crippen molar-refractivity contribution in [1.29, 1.82) is 0 Å². The Bertz CT molecular complexity index is 874. The van der Waals surface area contributed by atoms with Gasteiger partial charge in [0.05, 0.1) is 12.1 Å². The number of rotatable bonds is 3. The van der Waals surface area contributed by atoms with Crippen molar-refractivity contribution >= 4 is 39.6 Å². The van der Waals surface area contributed by atoms with Gasteiger partial charge in [-0.15, -0.1) is 0 Å². The number of halogens is 2. The highest BCUT2D eigenvalue weighted by atomic mass is 35.5. The van der Waals surface area contributed by atoms with Crippen molar-refractivity contribution < 1.29 is 17.9 Å². The highest BCUT2D eigenvalue weighted by Gasteiger charge is 2.13. The molecule has 2 aromatic rings. The van der Waals surface area contributed by atoms with Crippen molar-refractivity contribution in [2.45, 2.75) is 0 Å². The van der Waals surface area contributed by atoms with Crippen molar-refractivity contribution in [3.8, 4) is 16.9 Å². The minimum Gasteiger partial charge on any atom is -0.496 e. The summed E-state index contributed by atoms with van der Waals surface area (Å²) in [6.07, 6.45) is 1.50. The Morgan fingerprint density at radius 2 is 2.00 bits per heavy atom. The largest absolute Gasteiger partial charge is 0.496 e. The van der Waals surface area contributed by atoms with E-state index < -0.39 is 16.4 Å². The third-order valence-electron chi connectivity index (χ3n) is 2.71. The van der Waals surface area contributed by atoms with E-state index >= 15 is 0 Å². The summed E-state index contributed by atoms with van der Waals surface area (Å²) in [7, 11) is -1.39. The van der Waals surface area contributed by atoms with Crippen molar-refractivity contribution in [3.63, 3.8) is 0 Å². The Morgan fingerprint density at radius 3 is 2.59 bits per heavy atom. The predicted molar refractivity (Wildman–Crippen MR) is 81.9 cm³/mol. The first-order chi connectivity index (χ1) is 10.4. The minimum absolute atomic E-state index is 0.0813. The van der Waals surface area contributed by atoms with E-state index in [1.54, 1.807) is 12.1 Å². The van der Waals surface area contributed by atoms with Gasteiger partial charge in [-0.2, -0.15) is 8.42 Å². The number of carbonyl (C=O) groups excluding carboxylic acids is 1. The molecule has 1 aromatic heterocycles. The Labute approximate surface area is 137 Å². The van der Waals surface area contributed by atoms with Crippen molar-refractivity contribution in [1.82, 2.24) is 4.98 Å². The van der Waals surface area contributed by atoms with E-state index in [1.807, 2.05) is 0 Å². The number of aromatic nitrogens is 1. The molecule has 0 spiro atoms. The summed E-state index contributed by atoms with van der Waals surface area (Å²) in [5.41, 5.74) is 1.33. The van der Waals surface area contributed by atoms with E-state index in [9.17, 15) is 13.2 Å². The number of methoxy groups -OCH3 is 1. The van der Waals surface area contributed by atoms with Gasteiger partial charge in [-0.05, 0) is 24.3 Å². The molecule has 0 saturated carbocycles. The third kappa shape index (κ3) is 3.62. The second kappa shape index (κ2) is 6.87. The topological polar surface area (TPSA) is 85.7 Å². The quantitative estimate of drug-likeness (QED) is 0.785. The smallest absolute Gasteiger partial charge is 0.319 e. The molecule has 0 atom stereocenters. The molecule has 0 aliphatic heterocycles. The van der Waals surface area contributed by atoms with Crippen LogP contribution < -0.4 is 4.74 Å². The zero-order valence-electron chi connectivity index (χ0n) is 11.1. The van der Waals surface area contributed by atoms with Crippen LogP contribution in [-0.2, 0) is 10.5 Å². The Morgan fingerprint density at radius 1 is 1.27 bits per heavy atom. The zero-order chi connectivity index (χ0) is 16.3. The molecule has 1 aromatic carbocycles. The summed E-state index contributed by atoms with van der Waals surface area (Å²) in [5, 5.41) is 0.450. The molecular formula is C13H8Cl2N2O4S. The number of amides is 1. The number of benzene rings is 1. The molecule has 22 heavy (non-hydrogen) atoms. The molecule has 2 rings (SSSR count). The lowest BCUT2D eigenvalue weighted by Crippen LogP contribution is -1.97. The van der Waals surface area contributed by atoms with Crippen LogP contribution in [0.25, 0.3) is 11.1 Å². The molecule has 0 unspecified atom stereocenters. The standard InChI is InChI=1S/C13H8Cl2N2O4S/c1-21-11-5-7(13(18)17-22(19)20)2-3-9(11)8-4-10(14)12(15)16-6-8/h2-6H,1H3. The SMILES string of the molecule is COc1cc(C(=O)N=S(=O)=O)ccc1-c1cnc(Cl)c(Cl)c1. The number of carbonyl (C=O) groups is 1. The third-order valence-corrected chi connectivity index (χ3v) is 3.71. The maximum Gasteiger partial charge on any atom is 0.319 e. The van der Waals surface area contributed by atoms with Crippen LogP contribution in [0.15, 0.2) is 34.8 Å². The molecule has 0 bridgehead atoms. The number of hydrogen-bond donors (Lipinski definition) is 0. The molecule has 9 heteroatoms. The van der Waals surface area contributed by atoms with Gasteiger partial charge in [0.1, 0.15) is 10.9 Å². The van der Waals surface area contributed by atoms with Crippen LogP contribution in [0.4, 0.5) is 0 Å². The first kappa shape index (κ1) is 16.4. The van der Waals surface area contributed by atoms with E-state index in [0.29, 0.717) is 16.9 Å². The molecule has 1 amide bonds. The monoisotopic (exact) mass is 358 g/mol. The van der Waals surface area contributed by atoms with E-state index in [4.69, 9.17) is 27.9 Å². The van der Waals surface area contributed by atoms with Gasteiger partial charge >= 0.3 is 10.5 Å².